The van der Waals surface area contributed by atoms with E-state index < -0.39 is 12.0 Å². The zero-order valence-corrected chi connectivity index (χ0v) is 11.4. The lowest BCUT2D eigenvalue weighted by atomic mass is 9.95. The number of ether oxygens (including phenoxy) is 1. The van der Waals surface area contributed by atoms with Crippen molar-refractivity contribution in [3.63, 3.8) is 0 Å². The number of carbonyl (C=O) groups excluding carboxylic acids is 1. The summed E-state index contributed by atoms with van der Waals surface area (Å²) in [5, 5.41) is 11.7. The van der Waals surface area contributed by atoms with E-state index in [1.54, 1.807) is 7.11 Å². The molecule has 4 N–H and O–H groups in total. The van der Waals surface area contributed by atoms with Gasteiger partial charge in [-0.15, -0.1) is 0 Å². The number of carboxylic acids is 1. The van der Waals surface area contributed by atoms with Gasteiger partial charge in [0, 0.05) is 19.6 Å². The van der Waals surface area contributed by atoms with Crippen LogP contribution in [0, 0.1) is 11.8 Å². The molecule has 0 radical (unpaired) electrons. The number of rotatable bonds is 8. The predicted molar refractivity (Wildman–Crippen MR) is 70.6 cm³/mol. The van der Waals surface area contributed by atoms with Crippen molar-refractivity contribution in [3.8, 4) is 0 Å². The van der Waals surface area contributed by atoms with Crippen molar-refractivity contribution >= 4 is 11.9 Å². The van der Waals surface area contributed by atoms with E-state index in [0.717, 1.165) is 19.3 Å². The Labute approximate surface area is 113 Å². The van der Waals surface area contributed by atoms with Gasteiger partial charge in [-0.05, 0) is 38.1 Å². The first-order valence-electron chi connectivity index (χ1n) is 6.82. The minimum Gasteiger partial charge on any atom is -0.480 e. The van der Waals surface area contributed by atoms with E-state index >= 15 is 0 Å². The third-order valence-corrected chi connectivity index (χ3v) is 3.75. The molecule has 1 saturated carbocycles. The molecule has 3 atom stereocenters. The molecule has 0 spiro atoms. The summed E-state index contributed by atoms with van der Waals surface area (Å²) in [6.07, 6.45) is 3.74. The standard InChI is InChI=1S/C13H24N2O4/c1-19-7-3-6-11(13(17)18)15-12(16)10-5-2-4-9(10)8-14/h9-11H,2-8,14H2,1H3,(H,15,16)(H,17,18). The molecule has 110 valence electrons. The molecule has 1 aliphatic carbocycles. The average Bonchev–Trinajstić information content (AvgIpc) is 2.85. The Morgan fingerprint density at radius 2 is 2.21 bits per heavy atom. The Morgan fingerprint density at radius 3 is 2.79 bits per heavy atom. The largest absolute Gasteiger partial charge is 0.480 e. The van der Waals surface area contributed by atoms with Gasteiger partial charge in [0.15, 0.2) is 0 Å². The number of hydrogen-bond acceptors (Lipinski definition) is 4. The molecule has 0 saturated heterocycles. The van der Waals surface area contributed by atoms with Crippen LogP contribution in [0.2, 0.25) is 0 Å². The van der Waals surface area contributed by atoms with Crippen LogP contribution in [0.25, 0.3) is 0 Å². The SMILES string of the molecule is COCCCC(NC(=O)C1CCCC1CN)C(=O)O. The topological polar surface area (TPSA) is 102 Å². The normalized spacial score (nSPS) is 24.1. The summed E-state index contributed by atoms with van der Waals surface area (Å²) in [7, 11) is 1.57. The van der Waals surface area contributed by atoms with Crippen LogP contribution >= 0.6 is 0 Å². The Kier molecular flexibility index (Phi) is 6.80. The number of aliphatic carboxylic acids is 1. The molecule has 1 aliphatic rings. The lowest BCUT2D eigenvalue weighted by Gasteiger charge is -2.21. The molecular weight excluding hydrogens is 248 g/mol. The lowest BCUT2D eigenvalue weighted by Crippen LogP contribution is -2.45. The monoisotopic (exact) mass is 272 g/mol. The molecule has 0 aromatic heterocycles. The number of nitrogens with one attached hydrogen (secondary N) is 1. The highest BCUT2D eigenvalue weighted by atomic mass is 16.5. The Hall–Kier alpha value is -1.14. The van der Waals surface area contributed by atoms with Crippen molar-refractivity contribution in [1.82, 2.24) is 5.32 Å². The van der Waals surface area contributed by atoms with E-state index in [2.05, 4.69) is 5.32 Å². The van der Waals surface area contributed by atoms with Crippen molar-refractivity contribution in [2.75, 3.05) is 20.3 Å². The number of nitrogens with two attached hydrogens (primary N) is 1. The van der Waals surface area contributed by atoms with Crippen molar-refractivity contribution in [3.05, 3.63) is 0 Å². The smallest absolute Gasteiger partial charge is 0.326 e. The summed E-state index contributed by atoms with van der Waals surface area (Å²) < 4.78 is 4.89. The third-order valence-electron chi connectivity index (χ3n) is 3.75. The fourth-order valence-electron chi connectivity index (χ4n) is 2.63. The molecule has 0 aliphatic heterocycles. The van der Waals surface area contributed by atoms with Crippen molar-refractivity contribution < 1.29 is 19.4 Å². The lowest BCUT2D eigenvalue weighted by molar-refractivity contribution is -0.143. The van der Waals surface area contributed by atoms with Gasteiger partial charge >= 0.3 is 5.97 Å². The summed E-state index contributed by atoms with van der Waals surface area (Å²) in [6, 6.07) is -0.832. The van der Waals surface area contributed by atoms with Crippen LogP contribution in [0.1, 0.15) is 32.1 Å². The van der Waals surface area contributed by atoms with E-state index in [1.165, 1.54) is 0 Å². The van der Waals surface area contributed by atoms with Crippen LogP contribution in [0.4, 0.5) is 0 Å². The maximum atomic E-state index is 12.1. The van der Waals surface area contributed by atoms with Gasteiger partial charge in [-0.1, -0.05) is 6.42 Å². The summed E-state index contributed by atoms with van der Waals surface area (Å²) in [5.74, 6) is -1.10. The summed E-state index contributed by atoms with van der Waals surface area (Å²) in [5.41, 5.74) is 5.64. The van der Waals surface area contributed by atoms with E-state index in [4.69, 9.17) is 15.6 Å². The highest BCUT2D eigenvalue weighted by Crippen LogP contribution is 2.31. The van der Waals surface area contributed by atoms with Gasteiger partial charge in [-0.3, -0.25) is 4.79 Å². The fourth-order valence-corrected chi connectivity index (χ4v) is 2.63. The van der Waals surface area contributed by atoms with Crippen LogP contribution in [0.5, 0.6) is 0 Å². The summed E-state index contributed by atoms with van der Waals surface area (Å²) in [6.45, 7) is 0.980. The van der Waals surface area contributed by atoms with E-state index in [1.807, 2.05) is 0 Å². The van der Waals surface area contributed by atoms with Gasteiger partial charge in [0.2, 0.25) is 5.91 Å². The number of carboxylic acid groups (broad SMARTS) is 1. The Morgan fingerprint density at radius 1 is 1.47 bits per heavy atom. The van der Waals surface area contributed by atoms with Crippen LogP contribution in [-0.4, -0.2) is 43.3 Å². The van der Waals surface area contributed by atoms with Crippen molar-refractivity contribution in [2.24, 2.45) is 17.6 Å². The second kappa shape index (κ2) is 8.12. The van der Waals surface area contributed by atoms with Crippen LogP contribution in [0.15, 0.2) is 0 Å². The highest BCUT2D eigenvalue weighted by molar-refractivity contribution is 5.85. The van der Waals surface area contributed by atoms with Gasteiger partial charge < -0.3 is 20.9 Å². The zero-order chi connectivity index (χ0) is 14.3. The highest BCUT2D eigenvalue weighted by Gasteiger charge is 2.33. The molecule has 0 aromatic carbocycles. The molecular formula is C13H24N2O4. The average molecular weight is 272 g/mol. The fraction of sp³-hybridized carbons (Fsp3) is 0.846. The second-order valence-electron chi connectivity index (χ2n) is 5.07. The molecule has 1 fully saturated rings. The van der Waals surface area contributed by atoms with Crippen molar-refractivity contribution in [1.29, 1.82) is 0 Å². The van der Waals surface area contributed by atoms with Gasteiger partial charge in [0.1, 0.15) is 6.04 Å². The number of carbonyl (C=O) groups is 2. The van der Waals surface area contributed by atoms with Crippen LogP contribution < -0.4 is 11.1 Å². The molecule has 0 heterocycles. The minimum absolute atomic E-state index is 0.130. The number of amides is 1. The van der Waals surface area contributed by atoms with E-state index in [9.17, 15) is 9.59 Å². The molecule has 3 unspecified atom stereocenters. The molecule has 1 amide bonds. The molecule has 0 bridgehead atoms. The first-order chi connectivity index (χ1) is 9.10. The quantitative estimate of drug-likeness (QED) is 0.554. The van der Waals surface area contributed by atoms with Gasteiger partial charge in [-0.2, -0.15) is 0 Å². The van der Waals surface area contributed by atoms with Crippen molar-refractivity contribution in [2.45, 2.75) is 38.1 Å². The number of methoxy groups -OCH3 is 1. The van der Waals surface area contributed by atoms with Crippen LogP contribution in [0.3, 0.4) is 0 Å². The van der Waals surface area contributed by atoms with Gasteiger partial charge in [0.25, 0.3) is 0 Å². The predicted octanol–water partition coefficient (Wildman–Crippen LogP) is 0.357. The van der Waals surface area contributed by atoms with E-state index in [-0.39, 0.29) is 17.7 Å². The van der Waals surface area contributed by atoms with Gasteiger partial charge in [-0.25, -0.2) is 4.79 Å². The molecule has 6 heteroatoms. The maximum Gasteiger partial charge on any atom is 0.326 e. The van der Waals surface area contributed by atoms with E-state index in [0.29, 0.717) is 26.0 Å². The molecule has 19 heavy (non-hydrogen) atoms. The molecule has 6 nitrogen and oxygen atoms in total. The van der Waals surface area contributed by atoms with Crippen LogP contribution in [-0.2, 0) is 14.3 Å². The first kappa shape index (κ1) is 15.9. The minimum atomic E-state index is -0.994. The first-order valence-corrected chi connectivity index (χ1v) is 6.82. The Balaban J connectivity index is 2.48. The Bertz CT molecular complexity index is 309. The van der Waals surface area contributed by atoms with Gasteiger partial charge in [0.05, 0.1) is 0 Å². The zero-order valence-electron chi connectivity index (χ0n) is 11.4. The number of hydrogen-bond donors (Lipinski definition) is 3. The summed E-state index contributed by atoms with van der Waals surface area (Å²) in [4.78, 5) is 23.2. The molecule has 0 aromatic rings. The summed E-state index contributed by atoms with van der Waals surface area (Å²) >= 11 is 0. The third kappa shape index (κ3) is 4.80. The maximum absolute atomic E-state index is 12.1. The molecule has 1 rings (SSSR count). The second-order valence-corrected chi connectivity index (χ2v) is 5.07.